The molecule has 0 aliphatic carbocycles. The van der Waals surface area contributed by atoms with Crippen LogP contribution in [0.2, 0.25) is 0 Å². The lowest BCUT2D eigenvalue weighted by Gasteiger charge is -2.16. The van der Waals surface area contributed by atoms with Crippen molar-refractivity contribution in [3.8, 4) is 0 Å². The van der Waals surface area contributed by atoms with Gasteiger partial charge in [0, 0.05) is 24.8 Å². The Balaban J connectivity index is 2.75. The maximum Gasteiger partial charge on any atom is 0.253 e. The third-order valence-corrected chi connectivity index (χ3v) is 2.06. The quantitative estimate of drug-likeness (QED) is 0.726. The Morgan fingerprint density at radius 2 is 2.31 bits per heavy atom. The second kappa shape index (κ2) is 4.18. The Morgan fingerprint density at radius 1 is 1.62 bits per heavy atom. The van der Waals surface area contributed by atoms with Gasteiger partial charge >= 0.3 is 0 Å². The van der Waals surface area contributed by atoms with E-state index in [9.17, 15) is 4.79 Å². The van der Waals surface area contributed by atoms with Crippen molar-refractivity contribution in [1.82, 2.24) is 9.55 Å². The number of hydrogen-bond acceptors (Lipinski definition) is 3. The van der Waals surface area contributed by atoms with Gasteiger partial charge in [-0.2, -0.15) is 0 Å². The molecule has 4 heteroatoms. The fraction of sp³-hybridized carbons (Fsp3) is 0.556. The molecule has 0 amide bonds. The SMILES string of the molecule is CC(C)C(N)Cn1cnccc1=O. The molecule has 0 saturated carbocycles. The zero-order valence-electron chi connectivity index (χ0n) is 7.97. The van der Waals surface area contributed by atoms with Crippen molar-refractivity contribution in [2.24, 2.45) is 11.7 Å². The van der Waals surface area contributed by atoms with Crippen LogP contribution < -0.4 is 11.3 Å². The molecule has 1 aromatic heterocycles. The molecule has 1 atom stereocenters. The van der Waals surface area contributed by atoms with Crippen LogP contribution in [-0.2, 0) is 6.54 Å². The van der Waals surface area contributed by atoms with E-state index < -0.39 is 0 Å². The molecule has 0 fully saturated rings. The highest BCUT2D eigenvalue weighted by Crippen LogP contribution is 1.99. The van der Waals surface area contributed by atoms with Crippen LogP contribution in [0.15, 0.2) is 23.4 Å². The van der Waals surface area contributed by atoms with Gasteiger partial charge in [0.15, 0.2) is 0 Å². The highest BCUT2D eigenvalue weighted by atomic mass is 16.1. The molecular weight excluding hydrogens is 166 g/mol. The maximum atomic E-state index is 11.2. The largest absolute Gasteiger partial charge is 0.326 e. The fourth-order valence-corrected chi connectivity index (χ4v) is 0.953. The van der Waals surface area contributed by atoms with Crippen LogP contribution in [0.5, 0.6) is 0 Å². The summed E-state index contributed by atoms with van der Waals surface area (Å²) < 4.78 is 1.53. The van der Waals surface area contributed by atoms with Gasteiger partial charge in [0.1, 0.15) is 0 Å². The first-order valence-electron chi connectivity index (χ1n) is 4.37. The van der Waals surface area contributed by atoms with Crippen LogP contribution in [0.3, 0.4) is 0 Å². The molecule has 2 N–H and O–H groups in total. The van der Waals surface area contributed by atoms with Crippen molar-refractivity contribution in [2.45, 2.75) is 26.4 Å². The normalized spacial score (nSPS) is 13.2. The maximum absolute atomic E-state index is 11.2. The van der Waals surface area contributed by atoms with E-state index in [1.54, 1.807) is 0 Å². The first-order valence-corrected chi connectivity index (χ1v) is 4.37. The molecule has 1 rings (SSSR count). The van der Waals surface area contributed by atoms with Crippen molar-refractivity contribution >= 4 is 0 Å². The zero-order valence-corrected chi connectivity index (χ0v) is 7.97. The lowest BCUT2D eigenvalue weighted by Crippen LogP contribution is -2.35. The Kier molecular flexibility index (Phi) is 3.19. The molecule has 4 nitrogen and oxygen atoms in total. The molecule has 13 heavy (non-hydrogen) atoms. The summed E-state index contributed by atoms with van der Waals surface area (Å²) in [6.07, 6.45) is 3.00. The second-order valence-corrected chi connectivity index (χ2v) is 3.48. The smallest absolute Gasteiger partial charge is 0.253 e. The minimum absolute atomic E-state index is 0.00176. The van der Waals surface area contributed by atoms with E-state index >= 15 is 0 Å². The first kappa shape index (κ1) is 9.92. The van der Waals surface area contributed by atoms with Gasteiger partial charge in [0.2, 0.25) is 0 Å². The first-order chi connectivity index (χ1) is 6.11. The van der Waals surface area contributed by atoms with Crippen LogP contribution in [0.1, 0.15) is 13.8 Å². The summed E-state index contributed by atoms with van der Waals surface area (Å²) in [5.74, 6) is 0.368. The molecule has 0 radical (unpaired) electrons. The van der Waals surface area contributed by atoms with Crippen LogP contribution in [0, 0.1) is 5.92 Å². The highest BCUT2D eigenvalue weighted by Gasteiger charge is 2.08. The monoisotopic (exact) mass is 181 g/mol. The van der Waals surface area contributed by atoms with Gasteiger partial charge in [-0.3, -0.25) is 9.36 Å². The van der Waals surface area contributed by atoms with E-state index in [-0.39, 0.29) is 11.6 Å². The predicted molar refractivity (Wildman–Crippen MR) is 51.3 cm³/mol. The van der Waals surface area contributed by atoms with Crippen molar-refractivity contribution in [2.75, 3.05) is 0 Å². The molecule has 0 spiro atoms. The van der Waals surface area contributed by atoms with Crippen molar-refractivity contribution in [1.29, 1.82) is 0 Å². The Labute approximate surface area is 77.4 Å². The molecule has 0 aliphatic rings. The molecule has 1 aromatic rings. The molecule has 72 valence electrons. The van der Waals surface area contributed by atoms with Crippen LogP contribution in [0.25, 0.3) is 0 Å². The van der Waals surface area contributed by atoms with Gasteiger partial charge in [0.25, 0.3) is 5.56 Å². The van der Waals surface area contributed by atoms with E-state index in [1.165, 1.54) is 23.2 Å². The fourth-order valence-electron chi connectivity index (χ4n) is 0.953. The molecule has 1 heterocycles. The number of aromatic nitrogens is 2. The summed E-state index contributed by atoms with van der Waals surface area (Å²) in [6, 6.07) is 1.44. The molecule has 0 bridgehead atoms. The minimum Gasteiger partial charge on any atom is -0.326 e. The van der Waals surface area contributed by atoms with Gasteiger partial charge in [0.05, 0.1) is 6.33 Å². The standard InChI is InChI=1S/C9H15N3O/c1-7(2)8(10)5-12-6-11-4-3-9(12)13/h3-4,6-8H,5,10H2,1-2H3. The highest BCUT2D eigenvalue weighted by molar-refractivity contribution is 4.83. The van der Waals surface area contributed by atoms with Crippen molar-refractivity contribution in [3.05, 3.63) is 28.9 Å². The lowest BCUT2D eigenvalue weighted by molar-refractivity contribution is 0.425. The molecule has 0 saturated heterocycles. The van der Waals surface area contributed by atoms with Crippen LogP contribution >= 0.6 is 0 Å². The number of hydrogen-bond donors (Lipinski definition) is 1. The van der Waals surface area contributed by atoms with Gasteiger partial charge in [-0.1, -0.05) is 13.8 Å². The summed E-state index contributed by atoms with van der Waals surface area (Å²) in [7, 11) is 0. The zero-order chi connectivity index (χ0) is 9.84. The summed E-state index contributed by atoms with van der Waals surface area (Å²) in [6.45, 7) is 4.60. The van der Waals surface area contributed by atoms with Gasteiger partial charge in [-0.05, 0) is 5.92 Å². The van der Waals surface area contributed by atoms with Crippen LogP contribution in [-0.4, -0.2) is 15.6 Å². The van der Waals surface area contributed by atoms with Gasteiger partial charge < -0.3 is 5.73 Å². The Bertz CT molecular complexity index is 319. The van der Waals surface area contributed by atoms with Gasteiger partial charge in [-0.25, -0.2) is 4.98 Å². The second-order valence-electron chi connectivity index (χ2n) is 3.48. The predicted octanol–water partition coefficient (Wildman–Crippen LogP) is 0.227. The van der Waals surface area contributed by atoms with E-state index in [0.717, 1.165) is 0 Å². The average molecular weight is 181 g/mol. The Hall–Kier alpha value is -1.16. The molecule has 1 unspecified atom stereocenters. The van der Waals surface area contributed by atoms with E-state index in [4.69, 9.17) is 5.73 Å². The van der Waals surface area contributed by atoms with Crippen molar-refractivity contribution in [3.63, 3.8) is 0 Å². The van der Waals surface area contributed by atoms with Gasteiger partial charge in [-0.15, -0.1) is 0 Å². The minimum atomic E-state index is -0.0499. The van der Waals surface area contributed by atoms with E-state index in [2.05, 4.69) is 4.98 Å². The molecular formula is C9H15N3O. The summed E-state index contributed by atoms with van der Waals surface area (Å²) >= 11 is 0. The number of rotatable bonds is 3. The topological polar surface area (TPSA) is 60.9 Å². The third kappa shape index (κ3) is 2.66. The van der Waals surface area contributed by atoms with Crippen LogP contribution in [0.4, 0.5) is 0 Å². The number of nitrogens with two attached hydrogens (primary N) is 1. The molecule has 0 aliphatic heterocycles. The summed E-state index contributed by atoms with van der Waals surface area (Å²) in [5.41, 5.74) is 5.78. The number of nitrogens with zero attached hydrogens (tertiary/aromatic N) is 2. The van der Waals surface area contributed by atoms with E-state index in [0.29, 0.717) is 12.5 Å². The average Bonchev–Trinajstić information content (AvgIpc) is 2.08. The molecule has 0 aromatic carbocycles. The summed E-state index contributed by atoms with van der Waals surface area (Å²) in [4.78, 5) is 15.1. The third-order valence-electron chi connectivity index (χ3n) is 2.06. The Morgan fingerprint density at radius 3 is 2.85 bits per heavy atom. The lowest BCUT2D eigenvalue weighted by atomic mass is 10.1. The van der Waals surface area contributed by atoms with Crippen molar-refractivity contribution < 1.29 is 0 Å². The summed E-state index contributed by atoms with van der Waals surface area (Å²) in [5, 5.41) is 0. The van der Waals surface area contributed by atoms with E-state index in [1.807, 2.05) is 13.8 Å².